The van der Waals surface area contributed by atoms with E-state index in [9.17, 15) is 19.2 Å². The van der Waals surface area contributed by atoms with Gasteiger partial charge in [-0.1, -0.05) is 158 Å². The van der Waals surface area contributed by atoms with Crippen molar-refractivity contribution >= 4 is 74.2 Å². The molecule has 0 fully saturated rings. The number of rotatable bonds is 37. The summed E-state index contributed by atoms with van der Waals surface area (Å²) < 4.78 is 89.7. The van der Waals surface area contributed by atoms with Crippen LogP contribution in [0.4, 0.5) is 0 Å². The lowest BCUT2D eigenvalue weighted by molar-refractivity contribution is -0.152. The second-order valence-corrected chi connectivity index (χ2v) is 40.1. The number of hydrogen-bond donors (Lipinski definition) is 0. The molecule has 2 heterocycles. The molecule has 0 spiro atoms. The van der Waals surface area contributed by atoms with Gasteiger partial charge in [-0.3, -0.25) is 19.2 Å². The SMILES string of the molecule is CCOC(=O)CCC(=O)OCCOC1(C)c2ccccc2-c2c1c1c(c3ccccc23)OC(c2ccc(OC)cc2)(c2ccc(OC)cc2)C=C1.CCOCCC[Si](C)(C)O[Si](C)(C)CCCOCCOC(=O)CCC(=O)OCCOC1(C)c2ccccc2-c2c1c1c(c3ccccc23)OC(c2ccc(OC)cc2)(c2ccc(OC)cc2)C=C1. The molecule has 0 N–H and O–H groups in total. The molecule has 19 nitrogen and oxygen atoms in total. The minimum atomic E-state index is -1.82. The molecule has 10 aromatic rings. The highest BCUT2D eigenvalue weighted by Crippen LogP contribution is 2.61. The summed E-state index contributed by atoms with van der Waals surface area (Å²) in [4.78, 5) is 49.5. The fourth-order valence-corrected chi connectivity index (χ4v) is 25.8. The maximum absolute atomic E-state index is 12.9. The van der Waals surface area contributed by atoms with E-state index in [-0.39, 0.29) is 65.3 Å². The molecule has 4 aliphatic rings. The molecule has 119 heavy (non-hydrogen) atoms. The standard InChI is InChI=1S/C55H68O11Si2.C43H40O8/c1-9-60-32-14-38-67(5,6)66-68(7,8)39-15-33-61-34-35-62-49(56)28-29-50(57)63-36-37-64-54(2)48-19-13-12-18-46(48)51-44-16-10-11-17-45(44)53-47(52(51)54)30-31-55(65-53,40-20-24-42(58-3)25-21-40)41-22-26-43(59-4)27-23-41;1-5-48-37(44)22-23-38(45)49-26-27-50-42(2)36-13-9-8-12-34(36)39-32-10-6-7-11-33(32)41-35(40(39)42)24-25-43(51-41,28-14-18-30(46-3)19-15-28)29-16-20-31(47-4)21-17-29/h10-13,16-27,30-31H,9,14-15,28-29,32-39H2,1-8H3;6-21,24-25H,5,22-23,26-27H2,1-4H3. The lowest BCUT2D eigenvalue weighted by atomic mass is 9.80. The predicted molar refractivity (Wildman–Crippen MR) is 467 cm³/mol. The van der Waals surface area contributed by atoms with Crippen LogP contribution in [0.15, 0.2) is 206 Å². The average Bonchev–Trinajstić information content (AvgIpc) is 1.56. The van der Waals surface area contributed by atoms with Crippen LogP contribution in [-0.4, -0.2) is 135 Å². The molecular formula is C98H108O19Si2. The zero-order chi connectivity index (χ0) is 84.0. The van der Waals surface area contributed by atoms with Crippen LogP contribution in [0.25, 0.3) is 56.0 Å². The number of carbonyl (C=O) groups excluding carboxylic acids is 4. The van der Waals surface area contributed by atoms with Crippen LogP contribution in [-0.2, 0) is 83.6 Å². The van der Waals surface area contributed by atoms with Gasteiger partial charge in [0, 0.05) is 75.1 Å². The Morgan fingerprint density at radius 3 is 1.04 bits per heavy atom. The number of hydrogen-bond acceptors (Lipinski definition) is 19. The van der Waals surface area contributed by atoms with E-state index in [0.29, 0.717) is 13.2 Å². The second kappa shape index (κ2) is 38.0. The van der Waals surface area contributed by atoms with Crippen LogP contribution in [0.2, 0.25) is 38.3 Å². The molecule has 0 aromatic heterocycles. The van der Waals surface area contributed by atoms with E-state index in [1.807, 2.05) is 153 Å². The van der Waals surface area contributed by atoms with Crippen LogP contribution >= 0.6 is 0 Å². The Morgan fingerprint density at radius 1 is 0.361 bits per heavy atom. The van der Waals surface area contributed by atoms with Crippen molar-refractivity contribution in [1.82, 2.24) is 0 Å². The van der Waals surface area contributed by atoms with Crippen molar-refractivity contribution in [1.29, 1.82) is 0 Å². The lowest BCUT2D eigenvalue weighted by Gasteiger charge is -2.39. The third kappa shape index (κ3) is 18.6. The third-order valence-electron chi connectivity index (χ3n) is 22.6. The average molecular weight is 1650 g/mol. The number of fused-ring (bicyclic) bond motifs is 16. The summed E-state index contributed by atoms with van der Waals surface area (Å²) in [5.41, 5.74) is 10.1. The zero-order valence-electron chi connectivity index (χ0n) is 70.3. The van der Waals surface area contributed by atoms with Gasteiger partial charge in [0.15, 0.2) is 27.8 Å². The van der Waals surface area contributed by atoms with Crippen LogP contribution in [0.3, 0.4) is 0 Å². The predicted octanol–water partition coefficient (Wildman–Crippen LogP) is 19.9. The number of methoxy groups -OCH3 is 4. The summed E-state index contributed by atoms with van der Waals surface area (Å²) in [7, 11) is 3.06. The molecule has 0 radical (unpaired) electrons. The van der Waals surface area contributed by atoms with E-state index in [1.165, 1.54) is 0 Å². The number of esters is 4. The van der Waals surface area contributed by atoms with Gasteiger partial charge in [-0.2, -0.15) is 0 Å². The van der Waals surface area contributed by atoms with E-state index in [0.717, 1.165) is 172 Å². The van der Waals surface area contributed by atoms with Gasteiger partial charge in [-0.05, 0) is 184 Å². The molecule has 0 saturated carbocycles. The molecule has 14 rings (SSSR count). The molecule has 0 bridgehead atoms. The summed E-state index contributed by atoms with van der Waals surface area (Å²) in [5.74, 6) is 2.61. The Morgan fingerprint density at radius 2 is 0.689 bits per heavy atom. The maximum atomic E-state index is 12.9. The second-order valence-electron chi connectivity index (χ2n) is 31.3. The molecule has 2 unspecified atom stereocenters. The highest BCUT2D eigenvalue weighted by atomic mass is 28.4. The van der Waals surface area contributed by atoms with Crippen LogP contribution in [0, 0.1) is 0 Å². The topological polar surface area (TPSA) is 207 Å². The molecule has 2 aliphatic carbocycles. The van der Waals surface area contributed by atoms with E-state index in [1.54, 1.807) is 35.4 Å². The van der Waals surface area contributed by atoms with E-state index in [2.05, 4.69) is 113 Å². The van der Waals surface area contributed by atoms with Gasteiger partial charge in [0.1, 0.15) is 65.5 Å². The van der Waals surface area contributed by atoms with Gasteiger partial charge >= 0.3 is 23.9 Å². The molecule has 0 saturated heterocycles. The zero-order valence-corrected chi connectivity index (χ0v) is 72.3. The van der Waals surface area contributed by atoms with Crippen molar-refractivity contribution in [3.63, 3.8) is 0 Å². The lowest BCUT2D eigenvalue weighted by Crippen LogP contribution is -2.44. The summed E-state index contributed by atoms with van der Waals surface area (Å²) >= 11 is 0. The Hall–Kier alpha value is -10.9. The maximum Gasteiger partial charge on any atom is 0.306 e. The van der Waals surface area contributed by atoms with E-state index < -0.39 is 62.9 Å². The first-order valence-corrected chi connectivity index (χ1v) is 47.3. The van der Waals surface area contributed by atoms with E-state index in [4.69, 9.17) is 70.4 Å². The Labute approximate surface area is 699 Å². The first-order valence-electron chi connectivity index (χ1n) is 41.1. The number of carbonyl (C=O) groups is 4. The molecule has 0 amide bonds. The third-order valence-corrected chi connectivity index (χ3v) is 30.1. The molecule has 622 valence electrons. The van der Waals surface area contributed by atoms with Crippen molar-refractivity contribution in [3.05, 3.63) is 262 Å². The monoisotopic (exact) mass is 1640 g/mol. The Kier molecular flexibility index (Phi) is 27.5. The first-order chi connectivity index (χ1) is 57.6. The number of ether oxygens (including phenoxy) is 14. The van der Waals surface area contributed by atoms with Gasteiger partial charge in [0.2, 0.25) is 0 Å². The van der Waals surface area contributed by atoms with Crippen molar-refractivity contribution in [2.24, 2.45) is 0 Å². The van der Waals surface area contributed by atoms with Gasteiger partial charge in [-0.25, -0.2) is 0 Å². The number of benzene rings is 10. The molecule has 2 atom stereocenters. The van der Waals surface area contributed by atoms with Crippen LogP contribution < -0.4 is 28.4 Å². The molecule has 2 aliphatic heterocycles. The highest BCUT2D eigenvalue weighted by molar-refractivity contribution is 6.84. The minimum Gasteiger partial charge on any atom is -0.497 e. The van der Waals surface area contributed by atoms with Gasteiger partial charge in [0.25, 0.3) is 0 Å². The normalized spacial score (nSPS) is 16.1. The largest absolute Gasteiger partial charge is 0.497 e. The fraction of sp³-hybridized carbons (Fsp3) is 0.347. The Bertz CT molecular complexity index is 5210. The molecular weight excluding hydrogens is 1540 g/mol. The van der Waals surface area contributed by atoms with Crippen molar-refractivity contribution < 1.29 is 89.6 Å². The first kappa shape index (κ1) is 86.0. The van der Waals surface area contributed by atoms with Crippen LogP contribution in [0.1, 0.15) is 122 Å². The highest BCUT2D eigenvalue weighted by Gasteiger charge is 2.50. The Balaban J connectivity index is 0.000000214. The van der Waals surface area contributed by atoms with Crippen molar-refractivity contribution in [2.45, 2.75) is 127 Å². The van der Waals surface area contributed by atoms with Crippen molar-refractivity contribution in [2.75, 3.05) is 94.5 Å². The van der Waals surface area contributed by atoms with Crippen LogP contribution in [0.5, 0.6) is 34.5 Å². The fourth-order valence-electron chi connectivity index (χ4n) is 17.0. The van der Waals surface area contributed by atoms with Gasteiger partial charge in [0.05, 0.1) is 80.6 Å². The smallest absolute Gasteiger partial charge is 0.306 e. The van der Waals surface area contributed by atoms with E-state index >= 15 is 0 Å². The summed E-state index contributed by atoms with van der Waals surface area (Å²) in [6, 6.07) is 67.2. The molecule has 10 aromatic carbocycles. The summed E-state index contributed by atoms with van der Waals surface area (Å²) in [6.07, 6.45) is 10.2. The summed E-state index contributed by atoms with van der Waals surface area (Å²) in [5, 5.41) is 4.04. The minimum absolute atomic E-state index is 0.00722. The van der Waals surface area contributed by atoms with Gasteiger partial charge in [-0.15, -0.1) is 0 Å². The quantitative estimate of drug-likeness (QED) is 0.0153. The summed E-state index contributed by atoms with van der Waals surface area (Å²) in [6.45, 7) is 20.2. The van der Waals surface area contributed by atoms with Crippen molar-refractivity contribution in [3.8, 4) is 56.8 Å². The molecule has 21 heteroatoms. The van der Waals surface area contributed by atoms with Gasteiger partial charge < -0.3 is 70.4 Å².